The zero-order valence-corrected chi connectivity index (χ0v) is 19.9. The summed E-state index contributed by atoms with van der Waals surface area (Å²) in [5.41, 5.74) is 2.40. The Labute approximate surface area is 200 Å². The van der Waals surface area contributed by atoms with Crippen LogP contribution in [0.4, 0.5) is 9.39 Å². The molecule has 33 heavy (non-hydrogen) atoms. The van der Waals surface area contributed by atoms with Crippen LogP contribution in [0.2, 0.25) is 0 Å². The summed E-state index contributed by atoms with van der Waals surface area (Å²) in [6.07, 6.45) is 0.210. The fourth-order valence-corrected chi connectivity index (χ4v) is 5.76. The van der Waals surface area contributed by atoms with Crippen molar-refractivity contribution >= 4 is 39.9 Å². The zero-order valence-electron chi connectivity index (χ0n) is 18.3. The summed E-state index contributed by atoms with van der Waals surface area (Å²) in [7, 11) is 0. The highest BCUT2D eigenvalue weighted by Crippen LogP contribution is 2.40. The second-order valence-electron chi connectivity index (χ2n) is 7.61. The van der Waals surface area contributed by atoms with Crippen LogP contribution in [0.25, 0.3) is 10.4 Å². The van der Waals surface area contributed by atoms with Gasteiger partial charge in [-0.05, 0) is 30.2 Å². The van der Waals surface area contributed by atoms with Gasteiger partial charge >= 0.3 is 0 Å². The first kappa shape index (κ1) is 23.5. The lowest BCUT2D eigenvalue weighted by atomic mass is 10.1. The number of hydrogen-bond acceptors (Lipinski definition) is 5. The van der Waals surface area contributed by atoms with Crippen molar-refractivity contribution in [2.24, 2.45) is 0 Å². The lowest BCUT2D eigenvalue weighted by molar-refractivity contribution is -0.115. The second-order valence-corrected chi connectivity index (χ2v) is 9.77. The topological polar surface area (TPSA) is 58.6 Å². The Bertz CT molecular complexity index is 1130. The molecule has 0 atom stereocenters. The van der Waals surface area contributed by atoms with Gasteiger partial charge in [-0.1, -0.05) is 42.5 Å². The van der Waals surface area contributed by atoms with Crippen LogP contribution in [-0.2, 0) is 9.53 Å². The number of thioether (sulfide) groups is 1. The highest BCUT2D eigenvalue weighted by atomic mass is 32.2. The van der Waals surface area contributed by atoms with Gasteiger partial charge in [0.2, 0.25) is 5.91 Å². The number of benzene rings is 2. The minimum atomic E-state index is -0.289. The molecule has 1 aliphatic rings. The first-order valence-electron chi connectivity index (χ1n) is 10.8. The van der Waals surface area contributed by atoms with Crippen LogP contribution in [0.5, 0.6) is 0 Å². The van der Waals surface area contributed by atoms with Crippen molar-refractivity contribution in [3.63, 3.8) is 0 Å². The quantitative estimate of drug-likeness (QED) is 0.453. The van der Waals surface area contributed by atoms with Crippen LogP contribution in [0.3, 0.4) is 0 Å². The minimum absolute atomic E-state index is 0.0923. The van der Waals surface area contributed by atoms with Gasteiger partial charge in [-0.2, -0.15) is 0 Å². The van der Waals surface area contributed by atoms with Gasteiger partial charge in [0.05, 0.1) is 18.8 Å². The fraction of sp³-hybridized carbons (Fsp3) is 0.280. The normalized spacial score (nSPS) is 13.7. The molecule has 5 nitrogen and oxygen atoms in total. The molecule has 1 N–H and O–H groups in total. The van der Waals surface area contributed by atoms with Crippen LogP contribution >= 0.6 is 23.1 Å². The van der Waals surface area contributed by atoms with Crippen molar-refractivity contribution in [1.82, 2.24) is 4.90 Å². The molecule has 2 aromatic carbocycles. The average Bonchev–Trinajstić information content (AvgIpc) is 3.16. The van der Waals surface area contributed by atoms with Gasteiger partial charge in [-0.3, -0.25) is 9.59 Å². The molecule has 0 unspecified atom stereocenters. The van der Waals surface area contributed by atoms with E-state index in [1.54, 1.807) is 23.1 Å². The van der Waals surface area contributed by atoms with E-state index in [9.17, 15) is 14.0 Å². The molecule has 0 aliphatic carbocycles. The van der Waals surface area contributed by atoms with E-state index in [4.69, 9.17) is 4.74 Å². The molecule has 2 amide bonds. The van der Waals surface area contributed by atoms with E-state index in [1.807, 2.05) is 37.3 Å². The summed E-state index contributed by atoms with van der Waals surface area (Å²) in [5, 5.41) is 3.52. The minimum Gasteiger partial charge on any atom is -0.378 e. The number of morpholine rings is 1. The molecule has 0 spiro atoms. The number of carbonyl (C=O) groups is 2. The van der Waals surface area contributed by atoms with Crippen LogP contribution in [0, 0.1) is 12.7 Å². The van der Waals surface area contributed by atoms with Crippen LogP contribution < -0.4 is 5.32 Å². The molecule has 0 saturated carbocycles. The first-order chi connectivity index (χ1) is 16.0. The van der Waals surface area contributed by atoms with E-state index in [0.717, 1.165) is 16.0 Å². The maximum Gasteiger partial charge on any atom is 0.257 e. The SMILES string of the molecule is Cc1c(-c2ccccc2)sc(NC(=O)CCSc2ccccc2F)c1C(=O)N1CCOCC1. The van der Waals surface area contributed by atoms with Crippen LogP contribution in [-0.4, -0.2) is 48.8 Å². The summed E-state index contributed by atoms with van der Waals surface area (Å²) in [6, 6.07) is 16.4. The van der Waals surface area contributed by atoms with E-state index < -0.39 is 0 Å². The molecular formula is C25H25FN2O3S2. The number of anilines is 1. The van der Waals surface area contributed by atoms with Crippen molar-refractivity contribution in [2.75, 3.05) is 37.4 Å². The number of carbonyl (C=O) groups excluding carboxylic acids is 2. The molecule has 0 radical (unpaired) electrons. The Morgan fingerprint density at radius 1 is 1.09 bits per heavy atom. The smallest absolute Gasteiger partial charge is 0.257 e. The van der Waals surface area contributed by atoms with Crippen molar-refractivity contribution < 1.29 is 18.7 Å². The van der Waals surface area contributed by atoms with Crippen LogP contribution in [0.1, 0.15) is 22.3 Å². The highest BCUT2D eigenvalue weighted by molar-refractivity contribution is 7.99. The standard InChI is InChI=1S/C25H25FN2O3S2/c1-17-22(25(30)28-12-14-31-15-13-28)24(33-23(17)18-7-3-2-4-8-18)27-21(29)11-16-32-20-10-6-5-9-19(20)26/h2-10H,11-16H2,1H3,(H,27,29). The van der Waals surface area contributed by atoms with Crippen molar-refractivity contribution in [3.05, 3.63) is 71.5 Å². The largest absolute Gasteiger partial charge is 0.378 e. The number of ether oxygens (including phenoxy) is 1. The summed E-state index contributed by atoms with van der Waals surface area (Å²) in [4.78, 5) is 29.4. The Hall–Kier alpha value is -2.68. The lowest BCUT2D eigenvalue weighted by Crippen LogP contribution is -2.41. The first-order valence-corrected chi connectivity index (χ1v) is 12.6. The Morgan fingerprint density at radius 3 is 2.52 bits per heavy atom. The molecule has 3 aromatic rings. The molecule has 1 saturated heterocycles. The maximum atomic E-state index is 13.8. The average molecular weight is 485 g/mol. The van der Waals surface area contributed by atoms with Gasteiger partial charge in [0.25, 0.3) is 5.91 Å². The Kier molecular flexibility index (Phi) is 7.80. The maximum absolute atomic E-state index is 13.8. The zero-order chi connectivity index (χ0) is 23.2. The highest BCUT2D eigenvalue weighted by Gasteiger charge is 2.27. The van der Waals surface area contributed by atoms with Gasteiger partial charge < -0.3 is 15.0 Å². The summed E-state index contributed by atoms with van der Waals surface area (Å²) >= 11 is 2.72. The Balaban J connectivity index is 1.53. The summed E-state index contributed by atoms with van der Waals surface area (Å²) in [6.45, 7) is 4.00. The van der Waals surface area contributed by atoms with E-state index in [1.165, 1.54) is 29.2 Å². The van der Waals surface area contributed by atoms with Gasteiger partial charge in [-0.25, -0.2) is 4.39 Å². The lowest BCUT2D eigenvalue weighted by Gasteiger charge is -2.27. The van der Waals surface area contributed by atoms with Gasteiger partial charge in [-0.15, -0.1) is 23.1 Å². The number of amides is 2. The molecule has 8 heteroatoms. The third kappa shape index (κ3) is 5.63. The van der Waals surface area contributed by atoms with Gasteiger partial charge in [0.1, 0.15) is 10.8 Å². The second kappa shape index (κ2) is 11.0. The third-order valence-electron chi connectivity index (χ3n) is 5.37. The van der Waals surface area contributed by atoms with E-state index in [2.05, 4.69) is 5.32 Å². The summed E-state index contributed by atoms with van der Waals surface area (Å²) < 4.78 is 19.2. The van der Waals surface area contributed by atoms with Gasteiger partial charge in [0, 0.05) is 35.0 Å². The molecule has 0 bridgehead atoms. The number of nitrogens with zero attached hydrogens (tertiary/aromatic N) is 1. The monoisotopic (exact) mass is 484 g/mol. The molecule has 1 aromatic heterocycles. The number of hydrogen-bond donors (Lipinski definition) is 1. The number of halogens is 1. The summed E-state index contributed by atoms with van der Waals surface area (Å²) in [5.74, 6) is -0.140. The molecule has 4 rings (SSSR count). The van der Waals surface area contributed by atoms with E-state index in [0.29, 0.717) is 47.5 Å². The predicted molar refractivity (Wildman–Crippen MR) is 132 cm³/mol. The number of thiophene rings is 1. The molecule has 1 aliphatic heterocycles. The van der Waals surface area contributed by atoms with Crippen molar-refractivity contribution in [1.29, 1.82) is 0 Å². The van der Waals surface area contributed by atoms with Gasteiger partial charge in [0.15, 0.2) is 0 Å². The predicted octanol–water partition coefficient (Wildman–Crippen LogP) is 5.46. The number of rotatable bonds is 7. The molecular weight excluding hydrogens is 459 g/mol. The van der Waals surface area contributed by atoms with Crippen LogP contribution in [0.15, 0.2) is 59.5 Å². The number of nitrogens with one attached hydrogen (secondary N) is 1. The van der Waals surface area contributed by atoms with E-state index in [-0.39, 0.29) is 24.1 Å². The molecule has 1 fully saturated rings. The van der Waals surface area contributed by atoms with Crippen molar-refractivity contribution in [2.45, 2.75) is 18.2 Å². The molecule has 2 heterocycles. The van der Waals surface area contributed by atoms with E-state index >= 15 is 0 Å². The van der Waals surface area contributed by atoms with Crippen molar-refractivity contribution in [3.8, 4) is 10.4 Å². The third-order valence-corrected chi connectivity index (χ3v) is 7.68. The molecule has 172 valence electrons. The fourth-order valence-electron chi connectivity index (χ4n) is 3.65. The Morgan fingerprint density at radius 2 is 1.79 bits per heavy atom.